The number of benzene rings is 1. The van der Waals surface area contributed by atoms with E-state index in [0.29, 0.717) is 5.56 Å². The van der Waals surface area contributed by atoms with Gasteiger partial charge in [-0.3, -0.25) is 0 Å². The van der Waals surface area contributed by atoms with E-state index in [1.807, 2.05) is 5.25 Å². The van der Waals surface area contributed by atoms with Gasteiger partial charge in [0.1, 0.15) is 5.75 Å². The van der Waals surface area contributed by atoms with Crippen LogP contribution in [0.2, 0.25) is 0 Å². The molecule has 0 saturated carbocycles. The van der Waals surface area contributed by atoms with Crippen LogP contribution in [0.25, 0.3) is 0 Å². The number of phenols is 1. The zero-order chi connectivity index (χ0) is 9.90. The molecule has 0 bridgehead atoms. The van der Waals surface area contributed by atoms with E-state index in [4.69, 9.17) is 15.8 Å². The minimum absolute atomic E-state index is 0.0966. The standard InChI is InChI=1S/C8H5ClO3S/c9-13(11,12)6-5-7-1-3-8(10)4-2-7/h1-4,10H. The van der Waals surface area contributed by atoms with Gasteiger partial charge in [0, 0.05) is 21.5 Å². The lowest BCUT2D eigenvalue weighted by Crippen LogP contribution is -1.80. The lowest BCUT2D eigenvalue weighted by atomic mass is 10.2. The van der Waals surface area contributed by atoms with Gasteiger partial charge in [0.2, 0.25) is 0 Å². The number of halogens is 1. The van der Waals surface area contributed by atoms with Crippen molar-refractivity contribution < 1.29 is 13.5 Å². The van der Waals surface area contributed by atoms with Crippen molar-refractivity contribution in [1.82, 2.24) is 0 Å². The fraction of sp³-hybridized carbons (Fsp3) is 0. The number of hydrogen-bond donors (Lipinski definition) is 1. The molecule has 0 unspecified atom stereocenters. The number of aromatic hydroxyl groups is 1. The molecule has 0 aliphatic heterocycles. The normalized spacial score (nSPS) is 10.2. The van der Waals surface area contributed by atoms with E-state index in [0.717, 1.165) is 0 Å². The third-order valence-corrected chi connectivity index (χ3v) is 1.76. The van der Waals surface area contributed by atoms with Crippen molar-refractivity contribution in [2.75, 3.05) is 0 Å². The second-order valence-electron chi connectivity index (χ2n) is 2.21. The molecule has 5 heteroatoms. The summed E-state index contributed by atoms with van der Waals surface area (Å²) in [6.07, 6.45) is 0. The summed E-state index contributed by atoms with van der Waals surface area (Å²) < 4.78 is 20.8. The van der Waals surface area contributed by atoms with Crippen LogP contribution in [-0.2, 0) is 9.05 Å². The van der Waals surface area contributed by atoms with Gasteiger partial charge in [-0.15, -0.1) is 0 Å². The summed E-state index contributed by atoms with van der Waals surface area (Å²) in [4.78, 5) is 0. The molecule has 3 nitrogen and oxygen atoms in total. The molecule has 0 aliphatic carbocycles. The highest BCUT2D eigenvalue weighted by Crippen LogP contribution is 2.08. The average Bonchev–Trinajstić information content (AvgIpc) is 2.02. The first-order chi connectivity index (χ1) is 5.97. The van der Waals surface area contributed by atoms with Crippen molar-refractivity contribution in [3.63, 3.8) is 0 Å². The monoisotopic (exact) mass is 216 g/mol. The average molecular weight is 217 g/mol. The molecule has 0 saturated heterocycles. The van der Waals surface area contributed by atoms with Gasteiger partial charge in [-0.05, 0) is 30.2 Å². The predicted molar refractivity (Wildman–Crippen MR) is 49.8 cm³/mol. The van der Waals surface area contributed by atoms with Crippen molar-refractivity contribution >= 4 is 19.7 Å². The summed E-state index contributed by atoms with van der Waals surface area (Å²) in [7, 11) is 1.08. The Labute approximate surface area is 80.4 Å². The van der Waals surface area contributed by atoms with Gasteiger partial charge >= 0.3 is 9.05 Å². The van der Waals surface area contributed by atoms with E-state index in [1.165, 1.54) is 24.3 Å². The molecule has 0 radical (unpaired) electrons. The Morgan fingerprint density at radius 3 is 2.23 bits per heavy atom. The topological polar surface area (TPSA) is 54.4 Å². The summed E-state index contributed by atoms with van der Waals surface area (Å²) in [6, 6.07) is 5.80. The van der Waals surface area contributed by atoms with Gasteiger partial charge in [-0.1, -0.05) is 0 Å². The van der Waals surface area contributed by atoms with Crippen LogP contribution in [0.1, 0.15) is 5.56 Å². The minimum Gasteiger partial charge on any atom is -0.508 e. The van der Waals surface area contributed by atoms with Crippen LogP contribution in [0, 0.1) is 11.2 Å². The van der Waals surface area contributed by atoms with Crippen LogP contribution in [0.3, 0.4) is 0 Å². The zero-order valence-electron chi connectivity index (χ0n) is 6.36. The fourth-order valence-electron chi connectivity index (χ4n) is 0.665. The Balaban J connectivity index is 2.98. The molecule has 68 valence electrons. The van der Waals surface area contributed by atoms with Crippen LogP contribution in [0.5, 0.6) is 5.75 Å². The second-order valence-corrected chi connectivity index (χ2v) is 4.51. The maximum Gasteiger partial charge on any atom is 0.301 e. The molecule has 0 heterocycles. The third-order valence-electron chi connectivity index (χ3n) is 1.18. The van der Waals surface area contributed by atoms with Gasteiger partial charge in [-0.25, -0.2) is 0 Å². The Bertz CT molecular complexity index is 450. The number of phenolic OH excluding ortho intramolecular Hbond substituents is 1. The molecule has 13 heavy (non-hydrogen) atoms. The van der Waals surface area contributed by atoms with Gasteiger partial charge in [0.15, 0.2) is 0 Å². The molecule has 0 aromatic heterocycles. The Kier molecular flexibility index (Phi) is 2.81. The molecule has 0 spiro atoms. The van der Waals surface area contributed by atoms with Crippen LogP contribution >= 0.6 is 10.7 Å². The predicted octanol–water partition coefficient (Wildman–Crippen LogP) is 1.27. The first kappa shape index (κ1) is 9.90. The first-order valence-electron chi connectivity index (χ1n) is 3.24. The first-order valence-corrected chi connectivity index (χ1v) is 5.55. The minimum atomic E-state index is -3.78. The van der Waals surface area contributed by atoms with E-state index in [-0.39, 0.29) is 5.75 Å². The van der Waals surface area contributed by atoms with Gasteiger partial charge < -0.3 is 5.11 Å². The molecule has 1 aromatic rings. The molecular weight excluding hydrogens is 212 g/mol. The zero-order valence-corrected chi connectivity index (χ0v) is 7.93. The van der Waals surface area contributed by atoms with Crippen LogP contribution < -0.4 is 0 Å². The Hall–Kier alpha value is -1.18. The molecular formula is C8H5ClO3S. The molecule has 0 amide bonds. The lowest BCUT2D eigenvalue weighted by Gasteiger charge is -1.89. The number of rotatable bonds is 0. The third kappa shape index (κ3) is 3.83. The molecule has 1 rings (SSSR count). The summed E-state index contributed by atoms with van der Waals surface area (Å²) in [5.74, 6) is 2.43. The maximum atomic E-state index is 10.4. The van der Waals surface area contributed by atoms with E-state index >= 15 is 0 Å². The van der Waals surface area contributed by atoms with Crippen LogP contribution in [0.15, 0.2) is 24.3 Å². The van der Waals surface area contributed by atoms with Crippen LogP contribution in [0.4, 0.5) is 0 Å². The van der Waals surface area contributed by atoms with Crippen molar-refractivity contribution in [3.8, 4) is 16.9 Å². The Morgan fingerprint density at radius 2 is 1.77 bits per heavy atom. The smallest absolute Gasteiger partial charge is 0.301 e. The van der Waals surface area contributed by atoms with Crippen molar-refractivity contribution in [2.45, 2.75) is 0 Å². The SMILES string of the molecule is O=S(=O)(Cl)C#Cc1ccc(O)cc1. The van der Waals surface area contributed by atoms with E-state index in [9.17, 15) is 8.42 Å². The van der Waals surface area contributed by atoms with Crippen LogP contribution in [-0.4, -0.2) is 13.5 Å². The lowest BCUT2D eigenvalue weighted by molar-refractivity contribution is 0.475. The van der Waals surface area contributed by atoms with E-state index in [1.54, 1.807) is 0 Å². The highest BCUT2D eigenvalue weighted by atomic mass is 35.7. The number of hydrogen-bond acceptors (Lipinski definition) is 3. The summed E-state index contributed by atoms with van der Waals surface area (Å²) in [6.45, 7) is 0. The van der Waals surface area contributed by atoms with Gasteiger partial charge in [0.05, 0.1) is 0 Å². The van der Waals surface area contributed by atoms with Crippen molar-refractivity contribution in [3.05, 3.63) is 29.8 Å². The van der Waals surface area contributed by atoms with Crippen molar-refractivity contribution in [1.29, 1.82) is 0 Å². The Morgan fingerprint density at radius 1 is 1.23 bits per heavy atom. The second kappa shape index (κ2) is 3.69. The largest absolute Gasteiger partial charge is 0.508 e. The van der Waals surface area contributed by atoms with Gasteiger partial charge in [0.25, 0.3) is 0 Å². The highest BCUT2D eigenvalue weighted by molar-refractivity contribution is 8.17. The molecule has 1 N–H and O–H groups in total. The van der Waals surface area contributed by atoms with E-state index in [2.05, 4.69) is 5.92 Å². The summed E-state index contributed by atoms with van der Waals surface area (Å²) in [5, 5.41) is 10.8. The molecule has 0 aliphatic rings. The highest BCUT2D eigenvalue weighted by Gasteiger charge is 1.95. The van der Waals surface area contributed by atoms with Crippen molar-refractivity contribution in [2.24, 2.45) is 0 Å². The van der Waals surface area contributed by atoms with E-state index < -0.39 is 9.05 Å². The maximum absolute atomic E-state index is 10.4. The van der Waals surface area contributed by atoms with Gasteiger partial charge in [-0.2, -0.15) is 8.42 Å². The molecule has 1 aromatic carbocycles. The molecule has 0 fully saturated rings. The quantitative estimate of drug-likeness (QED) is 0.525. The summed E-state index contributed by atoms with van der Waals surface area (Å²) >= 11 is 0. The molecule has 0 atom stereocenters. The summed E-state index contributed by atoms with van der Waals surface area (Å²) in [5.41, 5.74) is 0.474. The fourth-order valence-corrected chi connectivity index (χ4v) is 1.02.